The molecule has 6 nitrogen and oxygen atoms in total. The number of amides is 1. The van der Waals surface area contributed by atoms with E-state index in [-0.39, 0.29) is 17.8 Å². The van der Waals surface area contributed by atoms with Gasteiger partial charge in [-0.1, -0.05) is 18.2 Å². The van der Waals surface area contributed by atoms with Crippen LogP contribution in [0.3, 0.4) is 0 Å². The number of hydrogen-bond acceptors (Lipinski definition) is 4. The summed E-state index contributed by atoms with van der Waals surface area (Å²) in [4.78, 5) is 21.5. The number of carbonyl (C=O) groups is 1. The Balaban J connectivity index is 1.48. The first kappa shape index (κ1) is 19.5. The van der Waals surface area contributed by atoms with Crippen LogP contribution in [-0.2, 0) is 6.54 Å². The number of nitrogens with zero attached hydrogens (tertiary/aromatic N) is 5. The van der Waals surface area contributed by atoms with Crippen LogP contribution >= 0.6 is 0 Å². The quantitative estimate of drug-likeness (QED) is 0.681. The lowest BCUT2D eigenvalue weighted by molar-refractivity contribution is 0.0602. The maximum absolute atomic E-state index is 14.0. The minimum atomic E-state index is -0.179. The highest BCUT2D eigenvalue weighted by Crippen LogP contribution is 2.20. The molecule has 3 heterocycles. The lowest BCUT2D eigenvalue weighted by Gasteiger charge is -2.37. The second kappa shape index (κ2) is 7.91. The Labute approximate surface area is 170 Å². The third kappa shape index (κ3) is 4.00. The van der Waals surface area contributed by atoms with Crippen molar-refractivity contribution in [2.75, 3.05) is 20.1 Å². The van der Waals surface area contributed by atoms with E-state index >= 15 is 0 Å². The number of aryl methyl sites for hydroxylation is 2. The van der Waals surface area contributed by atoms with Gasteiger partial charge in [0.15, 0.2) is 11.3 Å². The highest BCUT2D eigenvalue weighted by atomic mass is 19.1. The standard InChI is InChI=1S/C22H26FN5O/c1-15-11-16(2)28-21(24-15)12-20(25-28)22(29)26(3)18-8-6-10-27(14-18)13-17-7-4-5-9-19(17)23/h4-5,7,9,11-12,18H,6,8,10,13-14H2,1-3H3/t18-/m0/s1. The van der Waals surface area contributed by atoms with Crippen molar-refractivity contribution in [2.24, 2.45) is 0 Å². The first-order valence-corrected chi connectivity index (χ1v) is 9.99. The Hall–Kier alpha value is -2.80. The van der Waals surface area contributed by atoms with Crippen LogP contribution in [0.5, 0.6) is 0 Å². The second-order valence-corrected chi connectivity index (χ2v) is 7.88. The molecule has 29 heavy (non-hydrogen) atoms. The molecule has 1 saturated heterocycles. The first-order chi connectivity index (χ1) is 13.9. The molecule has 1 aliphatic rings. The minimum Gasteiger partial charge on any atom is -0.336 e. The van der Waals surface area contributed by atoms with E-state index in [2.05, 4.69) is 15.0 Å². The number of aromatic nitrogens is 3. The minimum absolute atomic E-state index is 0.0728. The lowest BCUT2D eigenvalue weighted by atomic mass is 10.0. The van der Waals surface area contributed by atoms with Gasteiger partial charge in [-0.05, 0) is 45.4 Å². The van der Waals surface area contributed by atoms with Crippen molar-refractivity contribution in [2.45, 2.75) is 39.3 Å². The van der Waals surface area contributed by atoms with Crippen LogP contribution in [0.15, 0.2) is 36.4 Å². The van der Waals surface area contributed by atoms with Crippen LogP contribution in [-0.4, -0.2) is 56.5 Å². The number of benzene rings is 1. The van der Waals surface area contributed by atoms with Crippen molar-refractivity contribution in [3.63, 3.8) is 0 Å². The van der Waals surface area contributed by atoms with Gasteiger partial charge in [-0.15, -0.1) is 0 Å². The van der Waals surface area contributed by atoms with Gasteiger partial charge < -0.3 is 4.90 Å². The van der Waals surface area contributed by atoms with E-state index in [0.717, 1.165) is 37.3 Å². The molecule has 0 N–H and O–H groups in total. The van der Waals surface area contributed by atoms with Crippen molar-refractivity contribution in [3.8, 4) is 0 Å². The third-order valence-corrected chi connectivity index (χ3v) is 5.65. The van der Waals surface area contributed by atoms with Crippen molar-refractivity contribution >= 4 is 11.6 Å². The number of hydrogen-bond donors (Lipinski definition) is 0. The van der Waals surface area contributed by atoms with Crippen molar-refractivity contribution in [3.05, 3.63) is 64.9 Å². The van der Waals surface area contributed by atoms with Crippen molar-refractivity contribution < 1.29 is 9.18 Å². The van der Waals surface area contributed by atoms with Gasteiger partial charge in [0, 0.05) is 49.2 Å². The molecule has 0 saturated carbocycles. The van der Waals surface area contributed by atoms with Crippen LogP contribution < -0.4 is 0 Å². The summed E-state index contributed by atoms with van der Waals surface area (Å²) in [7, 11) is 1.83. The molecule has 1 aliphatic heterocycles. The molecule has 1 aromatic carbocycles. The zero-order valence-electron chi connectivity index (χ0n) is 17.1. The molecule has 4 rings (SSSR count). The highest BCUT2D eigenvalue weighted by Gasteiger charge is 2.28. The number of fused-ring (bicyclic) bond motifs is 1. The number of likely N-dealkylation sites (tertiary alicyclic amines) is 1. The van der Waals surface area contributed by atoms with Crippen molar-refractivity contribution in [1.82, 2.24) is 24.4 Å². The second-order valence-electron chi connectivity index (χ2n) is 7.88. The molecule has 0 bridgehead atoms. The predicted octanol–water partition coefficient (Wildman–Crippen LogP) is 3.22. The van der Waals surface area contributed by atoms with E-state index in [1.807, 2.05) is 39.1 Å². The summed E-state index contributed by atoms with van der Waals surface area (Å²) in [5, 5.41) is 4.47. The zero-order chi connectivity index (χ0) is 20.5. The van der Waals surface area contributed by atoms with E-state index in [1.54, 1.807) is 21.5 Å². The SMILES string of the molecule is Cc1cc(C)n2nc(C(=O)N(C)[C@H]3CCCN(Cc4ccccc4F)C3)cc2n1. The molecule has 1 fully saturated rings. The number of rotatable bonds is 4. The number of piperidine rings is 1. The molecule has 0 aliphatic carbocycles. The summed E-state index contributed by atoms with van der Waals surface area (Å²) in [6, 6.07) is 10.6. The van der Waals surface area contributed by atoms with Gasteiger partial charge in [-0.25, -0.2) is 13.9 Å². The highest BCUT2D eigenvalue weighted by molar-refractivity contribution is 5.93. The van der Waals surface area contributed by atoms with Crippen LogP contribution in [0.1, 0.15) is 40.3 Å². The van der Waals surface area contributed by atoms with Gasteiger partial charge in [0.1, 0.15) is 5.82 Å². The van der Waals surface area contributed by atoms with E-state index < -0.39 is 0 Å². The molecule has 0 spiro atoms. The van der Waals surface area contributed by atoms with Gasteiger partial charge >= 0.3 is 0 Å². The van der Waals surface area contributed by atoms with Crippen LogP contribution in [0, 0.1) is 19.7 Å². The summed E-state index contributed by atoms with van der Waals surface area (Å²) in [6.45, 7) is 6.07. The van der Waals surface area contributed by atoms with E-state index in [9.17, 15) is 9.18 Å². The summed E-state index contributed by atoms with van der Waals surface area (Å²) < 4.78 is 15.7. The molecule has 0 radical (unpaired) electrons. The number of halogens is 1. The van der Waals surface area contributed by atoms with E-state index in [1.165, 1.54) is 6.07 Å². The normalized spacial score (nSPS) is 17.6. The summed E-state index contributed by atoms with van der Waals surface area (Å²) >= 11 is 0. The van der Waals surface area contributed by atoms with E-state index in [0.29, 0.717) is 23.4 Å². The molecular formula is C22H26FN5O. The monoisotopic (exact) mass is 395 g/mol. The fourth-order valence-electron chi connectivity index (χ4n) is 4.10. The summed E-state index contributed by atoms with van der Waals surface area (Å²) in [5.41, 5.74) is 3.63. The molecule has 0 unspecified atom stereocenters. The fourth-order valence-corrected chi connectivity index (χ4v) is 4.10. The maximum atomic E-state index is 14.0. The number of carbonyl (C=O) groups excluding carboxylic acids is 1. The lowest BCUT2D eigenvalue weighted by Crippen LogP contribution is -2.48. The third-order valence-electron chi connectivity index (χ3n) is 5.65. The van der Waals surface area contributed by atoms with Gasteiger partial charge in [-0.3, -0.25) is 9.69 Å². The van der Waals surface area contributed by atoms with Gasteiger partial charge in [0.25, 0.3) is 5.91 Å². The molecule has 7 heteroatoms. The molecular weight excluding hydrogens is 369 g/mol. The molecule has 1 amide bonds. The Morgan fingerprint density at radius 1 is 1.28 bits per heavy atom. The molecule has 3 aromatic rings. The topological polar surface area (TPSA) is 53.7 Å². The predicted molar refractivity (Wildman–Crippen MR) is 109 cm³/mol. The van der Waals surface area contributed by atoms with Crippen LogP contribution in [0.4, 0.5) is 4.39 Å². The molecule has 152 valence electrons. The van der Waals surface area contributed by atoms with Crippen molar-refractivity contribution in [1.29, 1.82) is 0 Å². The summed E-state index contributed by atoms with van der Waals surface area (Å²) in [5.74, 6) is -0.285. The average molecular weight is 395 g/mol. The molecule has 1 atom stereocenters. The van der Waals surface area contributed by atoms with Gasteiger partial charge in [0.05, 0.1) is 0 Å². The zero-order valence-corrected chi connectivity index (χ0v) is 17.1. The Morgan fingerprint density at radius 3 is 2.86 bits per heavy atom. The van der Waals surface area contributed by atoms with E-state index in [4.69, 9.17) is 0 Å². The van der Waals surface area contributed by atoms with Gasteiger partial charge in [0.2, 0.25) is 0 Å². The largest absolute Gasteiger partial charge is 0.336 e. The average Bonchev–Trinajstić information content (AvgIpc) is 3.13. The van der Waals surface area contributed by atoms with Crippen LogP contribution in [0.25, 0.3) is 5.65 Å². The first-order valence-electron chi connectivity index (χ1n) is 9.99. The molecule has 2 aromatic heterocycles. The Bertz CT molecular complexity index is 1050. The van der Waals surface area contributed by atoms with Gasteiger partial charge in [-0.2, -0.15) is 5.10 Å². The fraction of sp³-hybridized carbons (Fsp3) is 0.409. The van der Waals surface area contributed by atoms with Crippen LogP contribution in [0.2, 0.25) is 0 Å². The summed E-state index contributed by atoms with van der Waals surface area (Å²) in [6.07, 6.45) is 1.90. The maximum Gasteiger partial charge on any atom is 0.274 e. The Morgan fingerprint density at radius 2 is 2.07 bits per heavy atom. The smallest absolute Gasteiger partial charge is 0.274 e. The number of likely N-dealkylation sites (N-methyl/N-ethyl adjacent to an activating group) is 1. The Kier molecular flexibility index (Phi) is 5.32.